The molecule has 8 nitrogen and oxygen atoms in total. The fourth-order valence-electron chi connectivity index (χ4n) is 3.64. The van der Waals surface area contributed by atoms with E-state index in [9.17, 15) is 27.0 Å². The van der Waals surface area contributed by atoms with Crippen molar-refractivity contribution in [3.05, 3.63) is 91.0 Å². The van der Waals surface area contributed by atoms with E-state index >= 15 is 0 Å². The molecular formula is C24H32O8S2Sn. The molecule has 0 unspecified atom stereocenters. The second-order valence-corrected chi connectivity index (χ2v) is 22.1. The second kappa shape index (κ2) is 14.7. The van der Waals surface area contributed by atoms with Crippen molar-refractivity contribution in [2.75, 3.05) is 25.7 Å². The third-order valence-electron chi connectivity index (χ3n) is 4.91. The van der Waals surface area contributed by atoms with Crippen molar-refractivity contribution in [3.8, 4) is 0 Å². The summed E-state index contributed by atoms with van der Waals surface area (Å²) in [5, 5.41) is 19.6. The van der Waals surface area contributed by atoms with Gasteiger partial charge >= 0.3 is 154 Å². The number of hydrogen-bond donors (Lipinski definition) is 4. The van der Waals surface area contributed by atoms with Crippen molar-refractivity contribution in [1.29, 1.82) is 0 Å². The van der Waals surface area contributed by atoms with Crippen molar-refractivity contribution >= 4 is 49.4 Å². The monoisotopic (exact) mass is 632 g/mol. The molecule has 0 spiro atoms. The van der Waals surface area contributed by atoms with Crippen LogP contribution in [0.15, 0.2) is 91.0 Å². The van der Waals surface area contributed by atoms with Crippen LogP contribution in [0.5, 0.6) is 0 Å². The molecule has 3 rings (SSSR count). The summed E-state index contributed by atoms with van der Waals surface area (Å²) < 4.78 is 56.7. The van der Waals surface area contributed by atoms with Gasteiger partial charge in [-0.2, -0.15) is 16.8 Å². The van der Waals surface area contributed by atoms with Gasteiger partial charge in [-0.3, -0.25) is 9.11 Å². The number of aliphatic hydroxyl groups excluding tert-OH is 2. The normalized spacial score (nSPS) is 11.6. The second-order valence-electron chi connectivity index (χ2n) is 7.90. The van der Waals surface area contributed by atoms with Crippen LogP contribution >= 0.6 is 0 Å². The zero-order chi connectivity index (χ0) is 26.5. The SMILES string of the molecule is CS(=O)(=O)O.CS(=O)(=O)O.OCC(CO)[CH2][Sn]([c]1ccccc1)([c]1ccccc1)[c]1ccccc1. The van der Waals surface area contributed by atoms with Gasteiger partial charge in [-0.15, -0.1) is 0 Å². The number of rotatable bonds is 7. The van der Waals surface area contributed by atoms with E-state index in [1.165, 1.54) is 10.7 Å². The molecule has 0 radical (unpaired) electrons. The molecule has 0 atom stereocenters. The molecule has 0 aliphatic heterocycles. The molecule has 0 aliphatic carbocycles. The summed E-state index contributed by atoms with van der Waals surface area (Å²) in [4.78, 5) is 0. The number of aliphatic hydroxyl groups is 2. The minimum atomic E-state index is -3.67. The van der Waals surface area contributed by atoms with E-state index in [2.05, 4.69) is 72.8 Å². The van der Waals surface area contributed by atoms with Crippen LogP contribution in [0.2, 0.25) is 4.44 Å². The summed E-state index contributed by atoms with van der Waals surface area (Å²) in [7, 11) is -7.33. The molecule has 0 heterocycles. The number of benzene rings is 3. The van der Waals surface area contributed by atoms with Gasteiger partial charge in [-0.05, 0) is 0 Å². The van der Waals surface area contributed by atoms with E-state index in [1.54, 1.807) is 0 Å². The van der Waals surface area contributed by atoms with Gasteiger partial charge in [0, 0.05) is 0 Å². The third kappa shape index (κ3) is 12.1. The Kier molecular flexibility index (Phi) is 13.1. The van der Waals surface area contributed by atoms with Gasteiger partial charge in [0.15, 0.2) is 0 Å². The van der Waals surface area contributed by atoms with Crippen LogP contribution in [-0.2, 0) is 20.2 Å². The molecule has 4 N–H and O–H groups in total. The average molecular weight is 631 g/mol. The molecule has 35 heavy (non-hydrogen) atoms. The zero-order valence-corrected chi connectivity index (χ0v) is 24.1. The standard InChI is InChI=1S/3C6H5.C4H9O2.2CH4O3S.Sn/c3*1-2-4-6-5-3-1;1-4(2-5)3-6;2*1-5(2,3)4;/h3*1-5H;4-6H,1-3H2;2*1H3,(H,2,3,4);. The van der Waals surface area contributed by atoms with Gasteiger partial charge in [0.1, 0.15) is 0 Å². The molecule has 0 saturated carbocycles. The van der Waals surface area contributed by atoms with Crippen molar-refractivity contribution < 1.29 is 36.2 Å². The summed E-state index contributed by atoms with van der Waals surface area (Å²) in [6.07, 6.45) is 1.43. The van der Waals surface area contributed by atoms with Crippen LogP contribution in [0, 0.1) is 5.92 Å². The summed E-state index contributed by atoms with van der Waals surface area (Å²) in [5.41, 5.74) is 0. The minimum absolute atomic E-state index is 0.0155. The van der Waals surface area contributed by atoms with Crippen LogP contribution in [0.3, 0.4) is 0 Å². The summed E-state index contributed by atoms with van der Waals surface area (Å²) in [5.74, 6) is -0.101. The van der Waals surface area contributed by atoms with E-state index in [0.29, 0.717) is 12.5 Å². The van der Waals surface area contributed by atoms with Crippen LogP contribution in [-0.4, -0.2) is 80.3 Å². The first-order valence-corrected chi connectivity index (χ1v) is 20.5. The van der Waals surface area contributed by atoms with Crippen molar-refractivity contribution in [2.24, 2.45) is 5.92 Å². The molecule has 0 aromatic heterocycles. The van der Waals surface area contributed by atoms with Crippen LogP contribution in [0.1, 0.15) is 0 Å². The van der Waals surface area contributed by atoms with Crippen LogP contribution in [0.25, 0.3) is 0 Å². The Balaban J connectivity index is 0.000000519. The fourth-order valence-corrected chi connectivity index (χ4v) is 18.2. The summed E-state index contributed by atoms with van der Waals surface area (Å²) >= 11 is -3.34. The molecule has 0 fully saturated rings. The molecule has 11 heteroatoms. The van der Waals surface area contributed by atoms with Crippen molar-refractivity contribution in [1.82, 2.24) is 0 Å². The molecule has 0 bridgehead atoms. The quantitative estimate of drug-likeness (QED) is 0.221. The maximum absolute atomic E-state index is 9.80. The predicted molar refractivity (Wildman–Crippen MR) is 141 cm³/mol. The molecule has 192 valence electrons. The van der Waals surface area contributed by atoms with Gasteiger partial charge in [-0.1, -0.05) is 0 Å². The fraction of sp³-hybridized carbons (Fsp3) is 0.250. The van der Waals surface area contributed by atoms with Gasteiger partial charge in [-0.25, -0.2) is 0 Å². The molecular weight excluding hydrogens is 599 g/mol. The zero-order valence-electron chi connectivity index (χ0n) is 19.6. The number of hydrogen-bond acceptors (Lipinski definition) is 6. The van der Waals surface area contributed by atoms with Gasteiger partial charge in [0.2, 0.25) is 0 Å². The van der Waals surface area contributed by atoms with E-state index in [-0.39, 0.29) is 19.1 Å². The Morgan fingerprint density at radius 3 is 1.03 bits per heavy atom. The first-order chi connectivity index (χ1) is 16.3. The predicted octanol–water partition coefficient (Wildman–Crippen LogP) is 0.766. The van der Waals surface area contributed by atoms with Crippen molar-refractivity contribution in [3.63, 3.8) is 0 Å². The maximum atomic E-state index is 9.80. The van der Waals surface area contributed by atoms with E-state index in [4.69, 9.17) is 9.11 Å². The van der Waals surface area contributed by atoms with Gasteiger partial charge in [0.25, 0.3) is 20.2 Å². The van der Waals surface area contributed by atoms with Gasteiger partial charge < -0.3 is 0 Å². The van der Waals surface area contributed by atoms with Crippen LogP contribution in [0.4, 0.5) is 0 Å². The van der Waals surface area contributed by atoms with E-state index in [1.807, 2.05) is 18.2 Å². The molecule has 0 amide bonds. The first kappa shape index (κ1) is 31.2. The van der Waals surface area contributed by atoms with E-state index in [0.717, 1.165) is 4.44 Å². The average Bonchev–Trinajstić information content (AvgIpc) is 2.80. The molecule has 0 aliphatic rings. The van der Waals surface area contributed by atoms with Gasteiger partial charge in [0.05, 0.1) is 12.5 Å². The molecule has 3 aromatic carbocycles. The Morgan fingerprint density at radius 1 is 0.600 bits per heavy atom. The Bertz CT molecular complexity index is 1060. The van der Waals surface area contributed by atoms with Crippen LogP contribution < -0.4 is 10.7 Å². The molecule has 0 saturated heterocycles. The Hall–Kier alpha value is -1.80. The topological polar surface area (TPSA) is 149 Å². The summed E-state index contributed by atoms with van der Waals surface area (Å²) in [6.45, 7) is 0.0311. The summed E-state index contributed by atoms with van der Waals surface area (Å²) in [6, 6.07) is 32.1. The Morgan fingerprint density at radius 2 is 0.829 bits per heavy atom. The third-order valence-corrected chi connectivity index (χ3v) is 19.6. The first-order valence-electron chi connectivity index (χ1n) is 10.5. The van der Waals surface area contributed by atoms with Crippen molar-refractivity contribution in [2.45, 2.75) is 4.44 Å². The Labute approximate surface area is 211 Å². The van der Waals surface area contributed by atoms with E-state index < -0.39 is 38.6 Å². The molecule has 3 aromatic rings.